The summed E-state index contributed by atoms with van der Waals surface area (Å²) in [6.07, 6.45) is 1.22. The number of aryl methyl sites for hydroxylation is 1. The van der Waals surface area contributed by atoms with E-state index >= 15 is 0 Å². The van der Waals surface area contributed by atoms with Crippen LogP contribution >= 0.6 is 0 Å². The minimum atomic E-state index is -2.92. The number of hydrogen-bond acceptors (Lipinski definition) is 2. The fourth-order valence-corrected chi connectivity index (χ4v) is 0.992. The highest BCUT2D eigenvalue weighted by molar-refractivity contribution is 5.43. The van der Waals surface area contributed by atoms with Gasteiger partial charge in [0.05, 0.1) is 11.9 Å². The lowest BCUT2D eigenvalue weighted by atomic mass is 10.2. The van der Waals surface area contributed by atoms with Crippen LogP contribution in [0.15, 0.2) is 6.20 Å². The molecule has 0 fully saturated rings. The molecule has 2 N–H and O–H groups in total. The van der Waals surface area contributed by atoms with Crippen molar-refractivity contribution >= 4 is 5.69 Å². The van der Waals surface area contributed by atoms with Gasteiger partial charge in [-0.15, -0.1) is 0 Å². The van der Waals surface area contributed by atoms with E-state index in [1.165, 1.54) is 13.2 Å². The zero-order chi connectivity index (χ0) is 8.65. The molecule has 0 atom stereocenters. The van der Waals surface area contributed by atoms with Crippen LogP contribution in [-0.4, -0.2) is 9.78 Å². The van der Waals surface area contributed by atoms with Crippen LogP contribution in [0.4, 0.5) is 14.5 Å². The van der Waals surface area contributed by atoms with Gasteiger partial charge in [-0.05, 0) is 0 Å². The fraction of sp³-hybridized carbons (Fsp3) is 0.500. The maximum Gasteiger partial charge on any atom is 0.288 e. The number of hydrogen-bond donors (Lipinski definition) is 1. The van der Waals surface area contributed by atoms with Crippen LogP contribution in [0.25, 0.3) is 0 Å². The van der Waals surface area contributed by atoms with E-state index in [1.807, 2.05) is 0 Å². The first-order valence-electron chi connectivity index (χ1n) is 3.08. The summed E-state index contributed by atoms with van der Waals surface area (Å²) < 4.78 is 26.4. The van der Waals surface area contributed by atoms with Crippen LogP contribution in [0.3, 0.4) is 0 Å². The van der Waals surface area contributed by atoms with E-state index in [0.29, 0.717) is 0 Å². The molecule has 0 bridgehead atoms. The molecule has 0 aliphatic heterocycles. The summed E-state index contributed by atoms with van der Waals surface area (Å²) in [5.74, 6) is -2.92. The minimum Gasteiger partial charge on any atom is -0.396 e. The van der Waals surface area contributed by atoms with Crippen LogP contribution in [0.5, 0.6) is 0 Å². The average molecular weight is 161 g/mol. The van der Waals surface area contributed by atoms with Crippen molar-refractivity contribution in [1.29, 1.82) is 0 Å². The number of aromatic nitrogens is 2. The van der Waals surface area contributed by atoms with Gasteiger partial charge in [-0.1, -0.05) is 0 Å². The van der Waals surface area contributed by atoms with Crippen molar-refractivity contribution in [3.8, 4) is 0 Å². The maximum absolute atomic E-state index is 12.7. The van der Waals surface area contributed by atoms with Gasteiger partial charge in [0.25, 0.3) is 5.92 Å². The Hall–Kier alpha value is -1.13. The molecule has 0 aliphatic rings. The molecule has 0 spiro atoms. The highest BCUT2D eigenvalue weighted by atomic mass is 19.3. The molecule has 1 aromatic heterocycles. The molecule has 1 heterocycles. The molecule has 0 saturated heterocycles. The van der Waals surface area contributed by atoms with Gasteiger partial charge >= 0.3 is 0 Å². The SMILES string of the molecule is Cn1ncc(N)c1C(C)(F)F. The molecule has 1 rings (SSSR count). The first kappa shape index (κ1) is 7.97. The summed E-state index contributed by atoms with van der Waals surface area (Å²) in [6.45, 7) is 0.792. The van der Waals surface area contributed by atoms with Gasteiger partial charge in [0.15, 0.2) is 0 Å². The molecule has 0 saturated carbocycles. The molecular weight excluding hydrogens is 152 g/mol. The predicted molar refractivity (Wildman–Crippen MR) is 37.2 cm³/mol. The Morgan fingerprint density at radius 3 is 2.36 bits per heavy atom. The van der Waals surface area contributed by atoms with E-state index in [-0.39, 0.29) is 11.4 Å². The molecule has 1 aromatic rings. The summed E-state index contributed by atoms with van der Waals surface area (Å²) >= 11 is 0. The van der Waals surface area contributed by atoms with Crippen molar-refractivity contribution in [3.05, 3.63) is 11.9 Å². The zero-order valence-corrected chi connectivity index (χ0v) is 6.31. The van der Waals surface area contributed by atoms with Crippen LogP contribution in [0, 0.1) is 0 Å². The van der Waals surface area contributed by atoms with Gasteiger partial charge < -0.3 is 5.73 Å². The Morgan fingerprint density at radius 2 is 2.18 bits per heavy atom. The Kier molecular flexibility index (Phi) is 1.58. The van der Waals surface area contributed by atoms with E-state index < -0.39 is 5.92 Å². The van der Waals surface area contributed by atoms with Gasteiger partial charge in [0, 0.05) is 14.0 Å². The standard InChI is InChI=1S/C6H9F2N3/c1-6(7,8)5-4(9)3-10-11(5)2/h3H,9H2,1-2H3. The number of rotatable bonds is 1. The Morgan fingerprint density at radius 1 is 1.64 bits per heavy atom. The molecular formula is C6H9F2N3. The van der Waals surface area contributed by atoms with Crippen molar-refractivity contribution < 1.29 is 8.78 Å². The average Bonchev–Trinajstić information content (AvgIpc) is 2.08. The third kappa shape index (κ3) is 1.31. The number of halogens is 2. The van der Waals surface area contributed by atoms with E-state index in [9.17, 15) is 8.78 Å². The van der Waals surface area contributed by atoms with Crippen molar-refractivity contribution in [2.24, 2.45) is 7.05 Å². The Labute approximate surface area is 62.8 Å². The molecule has 0 aromatic carbocycles. The number of nitrogens with zero attached hydrogens (tertiary/aromatic N) is 2. The third-order valence-electron chi connectivity index (χ3n) is 1.38. The number of nitrogens with two attached hydrogens (primary N) is 1. The Bertz CT molecular complexity index is 242. The fourth-order valence-electron chi connectivity index (χ4n) is 0.992. The largest absolute Gasteiger partial charge is 0.396 e. The second-order valence-corrected chi connectivity index (χ2v) is 2.46. The second kappa shape index (κ2) is 2.18. The molecule has 0 radical (unpaired) electrons. The monoisotopic (exact) mass is 161 g/mol. The second-order valence-electron chi connectivity index (χ2n) is 2.46. The molecule has 5 heteroatoms. The first-order chi connectivity index (χ1) is 4.93. The molecule has 0 unspecified atom stereocenters. The van der Waals surface area contributed by atoms with E-state index in [0.717, 1.165) is 11.6 Å². The lowest BCUT2D eigenvalue weighted by Gasteiger charge is -2.10. The lowest BCUT2D eigenvalue weighted by molar-refractivity contribution is 0.00967. The number of alkyl halides is 2. The molecule has 0 aliphatic carbocycles. The zero-order valence-electron chi connectivity index (χ0n) is 6.31. The van der Waals surface area contributed by atoms with Crippen LogP contribution in [0.2, 0.25) is 0 Å². The van der Waals surface area contributed by atoms with Crippen molar-refractivity contribution in [2.75, 3.05) is 5.73 Å². The molecule has 11 heavy (non-hydrogen) atoms. The summed E-state index contributed by atoms with van der Waals surface area (Å²) in [7, 11) is 1.43. The highest BCUT2D eigenvalue weighted by Gasteiger charge is 2.30. The van der Waals surface area contributed by atoms with E-state index in [4.69, 9.17) is 5.73 Å². The molecule has 0 amide bonds. The summed E-state index contributed by atoms with van der Waals surface area (Å²) in [5.41, 5.74) is 5.05. The van der Waals surface area contributed by atoms with Gasteiger partial charge in [-0.3, -0.25) is 4.68 Å². The smallest absolute Gasteiger partial charge is 0.288 e. The third-order valence-corrected chi connectivity index (χ3v) is 1.38. The maximum atomic E-state index is 12.7. The van der Waals surface area contributed by atoms with Gasteiger partial charge in [-0.2, -0.15) is 13.9 Å². The number of nitrogen functional groups attached to an aromatic ring is 1. The predicted octanol–water partition coefficient (Wildman–Crippen LogP) is 1.11. The lowest BCUT2D eigenvalue weighted by Crippen LogP contribution is -2.15. The van der Waals surface area contributed by atoms with E-state index in [1.54, 1.807) is 0 Å². The van der Waals surface area contributed by atoms with Crippen LogP contribution < -0.4 is 5.73 Å². The van der Waals surface area contributed by atoms with Crippen molar-refractivity contribution in [1.82, 2.24) is 9.78 Å². The quantitative estimate of drug-likeness (QED) is 0.670. The topological polar surface area (TPSA) is 43.8 Å². The van der Waals surface area contributed by atoms with Crippen molar-refractivity contribution in [2.45, 2.75) is 12.8 Å². The number of anilines is 1. The highest BCUT2D eigenvalue weighted by Crippen LogP contribution is 2.30. The van der Waals surface area contributed by atoms with Gasteiger partial charge in [0.2, 0.25) is 0 Å². The molecule has 62 valence electrons. The van der Waals surface area contributed by atoms with Crippen LogP contribution in [-0.2, 0) is 13.0 Å². The van der Waals surface area contributed by atoms with E-state index in [2.05, 4.69) is 5.10 Å². The minimum absolute atomic E-state index is 0.0278. The first-order valence-corrected chi connectivity index (χ1v) is 3.08. The van der Waals surface area contributed by atoms with Gasteiger partial charge in [0.1, 0.15) is 5.69 Å². The van der Waals surface area contributed by atoms with Crippen LogP contribution in [0.1, 0.15) is 12.6 Å². The van der Waals surface area contributed by atoms with Gasteiger partial charge in [-0.25, -0.2) is 0 Å². The summed E-state index contributed by atoms with van der Waals surface area (Å²) in [6, 6.07) is 0. The molecule has 3 nitrogen and oxygen atoms in total. The Balaban J connectivity index is 3.21. The summed E-state index contributed by atoms with van der Waals surface area (Å²) in [4.78, 5) is 0. The summed E-state index contributed by atoms with van der Waals surface area (Å²) in [5, 5.41) is 3.59. The van der Waals surface area contributed by atoms with Crippen molar-refractivity contribution in [3.63, 3.8) is 0 Å². The normalized spacial score (nSPS) is 12.0.